The van der Waals surface area contributed by atoms with Crippen LogP contribution < -0.4 is 0 Å². The van der Waals surface area contributed by atoms with E-state index in [2.05, 4.69) is 0 Å². The Kier molecular flexibility index (Phi) is 2.15. The van der Waals surface area contributed by atoms with Crippen molar-refractivity contribution in [1.29, 1.82) is 0 Å². The SMILES string of the molecule is O=Cc1cc(O)c2c(c1O)CCCC2. The van der Waals surface area contributed by atoms with E-state index in [9.17, 15) is 15.0 Å². The molecule has 14 heavy (non-hydrogen) atoms. The van der Waals surface area contributed by atoms with Gasteiger partial charge in [0, 0.05) is 11.1 Å². The molecule has 0 radical (unpaired) electrons. The van der Waals surface area contributed by atoms with Crippen LogP contribution in [0.4, 0.5) is 0 Å². The zero-order chi connectivity index (χ0) is 10.1. The van der Waals surface area contributed by atoms with Gasteiger partial charge in [0.1, 0.15) is 11.5 Å². The minimum atomic E-state index is 0.0486. The monoisotopic (exact) mass is 192 g/mol. The molecule has 0 aromatic heterocycles. The average Bonchev–Trinajstić information content (AvgIpc) is 2.23. The Labute approximate surface area is 82.0 Å². The Morgan fingerprint density at radius 2 is 1.79 bits per heavy atom. The summed E-state index contributed by atoms with van der Waals surface area (Å²) in [5.41, 5.74) is 1.74. The molecule has 0 aliphatic heterocycles. The van der Waals surface area contributed by atoms with Crippen molar-refractivity contribution in [2.75, 3.05) is 0 Å². The molecule has 0 unspecified atom stereocenters. The van der Waals surface area contributed by atoms with Crippen LogP contribution in [0.15, 0.2) is 6.07 Å². The molecule has 1 aromatic rings. The molecule has 0 spiro atoms. The summed E-state index contributed by atoms with van der Waals surface area (Å²) in [6, 6.07) is 1.34. The second-order valence-electron chi connectivity index (χ2n) is 3.62. The molecule has 0 fully saturated rings. The summed E-state index contributed by atoms with van der Waals surface area (Å²) in [5, 5.41) is 19.3. The number of fused-ring (bicyclic) bond motifs is 1. The topological polar surface area (TPSA) is 57.5 Å². The van der Waals surface area contributed by atoms with Crippen molar-refractivity contribution in [3.63, 3.8) is 0 Å². The minimum Gasteiger partial charge on any atom is -0.508 e. The summed E-state index contributed by atoms with van der Waals surface area (Å²) in [7, 11) is 0. The number of aldehydes is 1. The summed E-state index contributed by atoms with van der Waals surface area (Å²) >= 11 is 0. The first-order valence-electron chi connectivity index (χ1n) is 4.76. The van der Waals surface area contributed by atoms with Crippen molar-refractivity contribution in [3.8, 4) is 11.5 Å². The van der Waals surface area contributed by atoms with E-state index in [1.807, 2.05) is 0 Å². The van der Waals surface area contributed by atoms with Gasteiger partial charge in [-0.15, -0.1) is 0 Å². The molecule has 0 saturated heterocycles. The molecule has 1 aliphatic rings. The van der Waals surface area contributed by atoms with Gasteiger partial charge in [0.25, 0.3) is 0 Å². The highest BCUT2D eigenvalue weighted by Crippen LogP contribution is 2.36. The number of carbonyl (C=O) groups excluding carboxylic acids is 1. The highest BCUT2D eigenvalue weighted by molar-refractivity contribution is 5.81. The molecule has 3 nitrogen and oxygen atoms in total. The van der Waals surface area contributed by atoms with E-state index in [4.69, 9.17) is 0 Å². The van der Waals surface area contributed by atoms with Crippen molar-refractivity contribution >= 4 is 6.29 Å². The molecule has 0 amide bonds. The molecular formula is C11H12O3. The fraction of sp³-hybridized carbons (Fsp3) is 0.364. The molecule has 0 bridgehead atoms. The lowest BCUT2D eigenvalue weighted by Crippen LogP contribution is -2.04. The summed E-state index contributed by atoms with van der Waals surface area (Å²) < 4.78 is 0. The van der Waals surface area contributed by atoms with Crippen molar-refractivity contribution in [2.45, 2.75) is 25.7 Å². The first kappa shape index (κ1) is 9.06. The summed E-state index contributed by atoms with van der Waals surface area (Å²) in [5.74, 6) is 0.187. The van der Waals surface area contributed by atoms with Crippen molar-refractivity contribution < 1.29 is 15.0 Å². The van der Waals surface area contributed by atoms with Crippen LogP contribution >= 0.6 is 0 Å². The van der Waals surface area contributed by atoms with Crippen molar-refractivity contribution in [1.82, 2.24) is 0 Å². The predicted octanol–water partition coefficient (Wildman–Crippen LogP) is 1.79. The van der Waals surface area contributed by atoms with E-state index in [-0.39, 0.29) is 17.1 Å². The number of hydrogen-bond acceptors (Lipinski definition) is 3. The van der Waals surface area contributed by atoms with Gasteiger partial charge < -0.3 is 10.2 Å². The standard InChI is InChI=1S/C11H12O3/c12-6-7-5-10(13)8-3-1-2-4-9(8)11(7)14/h5-6,13-14H,1-4H2. The molecule has 1 aromatic carbocycles. The number of aromatic hydroxyl groups is 2. The summed E-state index contributed by atoms with van der Waals surface area (Å²) in [6.07, 6.45) is 4.14. The van der Waals surface area contributed by atoms with Gasteiger partial charge in [-0.2, -0.15) is 0 Å². The fourth-order valence-electron chi connectivity index (χ4n) is 2.02. The minimum absolute atomic E-state index is 0.0486. The van der Waals surface area contributed by atoms with Crippen LogP contribution in [-0.4, -0.2) is 16.5 Å². The first-order chi connectivity index (χ1) is 6.74. The molecule has 0 saturated carbocycles. The van der Waals surface area contributed by atoms with Gasteiger partial charge in [0.15, 0.2) is 6.29 Å². The lowest BCUT2D eigenvalue weighted by Gasteiger charge is -2.18. The highest BCUT2D eigenvalue weighted by Gasteiger charge is 2.19. The molecule has 0 heterocycles. The zero-order valence-electron chi connectivity index (χ0n) is 7.79. The summed E-state index contributed by atoms with van der Waals surface area (Å²) in [4.78, 5) is 10.6. The van der Waals surface area contributed by atoms with Crippen LogP contribution in [0, 0.1) is 0 Å². The summed E-state index contributed by atoms with van der Waals surface area (Å²) in [6.45, 7) is 0. The fourth-order valence-corrected chi connectivity index (χ4v) is 2.02. The maximum Gasteiger partial charge on any atom is 0.153 e. The van der Waals surface area contributed by atoms with Crippen LogP contribution in [0.1, 0.15) is 34.3 Å². The number of phenolic OH excluding ortho intramolecular Hbond substituents is 2. The van der Waals surface area contributed by atoms with Gasteiger partial charge in [0.2, 0.25) is 0 Å². The smallest absolute Gasteiger partial charge is 0.153 e. The van der Waals surface area contributed by atoms with Gasteiger partial charge in [0.05, 0.1) is 5.56 Å². The van der Waals surface area contributed by atoms with Crippen LogP contribution in [0.25, 0.3) is 0 Å². The van der Waals surface area contributed by atoms with Crippen LogP contribution in [0.3, 0.4) is 0 Å². The lowest BCUT2D eigenvalue weighted by atomic mass is 9.89. The molecular weight excluding hydrogens is 180 g/mol. The Morgan fingerprint density at radius 3 is 2.43 bits per heavy atom. The second kappa shape index (κ2) is 3.33. The van der Waals surface area contributed by atoms with E-state index < -0.39 is 0 Å². The van der Waals surface area contributed by atoms with E-state index in [1.165, 1.54) is 6.07 Å². The number of benzene rings is 1. The van der Waals surface area contributed by atoms with Gasteiger partial charge in [-0.25, -0.2) is 0 Å². The van der Waals surface area contributed by atoms with E-state index >= 15 is 0 Å². The molecule has 0 atom stereocenters. The Hall–Kier alpha value is -1.51. The number of phenols is 2. The van der Waals surface area contributed by atoms with E-state index in [0.717, 1.165) is 36.8 Å². The maximum absolute atomic E-state index is 10.6. The van der Waals surface area contributed by atoms with Crippen LogP contribution in [-0.2, 0) is 12.8 Å². The van der Waals surface area contributed by atoms with Crippen molar-refractivity contribution in [3.05, 3.63) is 22.8 Å². The molecule has 2 rings (SSSR count). The van der Waals surface area contributed by atoms with Crippen LogP contribution in [0.5, 0.6) is 11.5 Å². The molecule has 3 heteroatoms. The Morgan fingerprint density at radius 1 is 1.14 bits per heavy atom. The first-order valence-corrected chi connectivity index (χ1v) is 4.76. The molecule has 2 N–H and O–H groups in total. The predicted molar refractivity (Wildman–Crippen MR) is 51.8 cm³/mol. The van der Waals surface area contributed by atoms with Gasteiger partial charge in [-0.05, 0) is 31.7 Å². The van der Waals surface area contributed by atoms with Gasteiger partial charge >= 0.3 is 0 Å². The third kappa shape index (κ3) is 1.25. The molecule has 1 aliphatic carbocycles. The second-order valence-corrected chi connectivity index (χ2v) is 3.62. The van der Waals surface area contributed by atoms with Gasteiger partial charge in [-0.3, -0.25) is 4.79 Å². The Balaban J connectivity index is 2.64. The number of hydrogen-bond donors (Lipinski definition) is 2. The molecule has 74 valence electrons. The number of carbonyl (C=O) groups is 1. The highest BCUT2D eigenvalue weighted by atomic mass is 16.3. The Bertz CT molecular complexity index is 383. The third-order valence-electron chi connectivity index (χ3n) is 2.76. The van der Waals surface area contributed by atoms with E-state index in [0.29, 0.717) is 6.29 Å². The third-order valence-corrected chi connectivity index (χ3v) is 2.76. The quantitative estimate of drug-likeness (QED) is 0.526. The normalized spacial score (nSPS) is 14.9. The van der Waals surface area contributed by atoms with Crippen LogP contribution in [0.2, 0.25) is 0 Å². The maximum atomic E-state index is 10.6. The van der Waals surface area contributed by atoms with Gasteiger partial charge in [-0.1, -0.05) is 0 Å². The number of rotatable bonds is 1. The largest absolute Gasteiger partial charge is 0.508 e. The average molecular weight is 192 g/mol. The van der Waals surface area contributed by atoms with Crippen molar-refractivity contribution in [2.24, 2.45) is 0 Å². The van der Waals surface area contributed by atoms with E-state index in [1.54, 1.807) is 0 Å². The zero-order valence-corrected chi connectivity index (χ0v) is 7.79. The lowest BCUT2D eigenvalue weighted by molar-refractivity contribution is 0.112.